The minimum Gasteiger partial charge on any atom is -0.460 e. The Labute approximate surface area is 153 Å². The lowest BCUT2D eigenvalue weighted by molar-refractivity contribution is -0.277. The van der Waals surface area contributed by atoms with Crippen molar-refractivity contribution in [2.45, 2.75) is 30.7 Å². The average molecular weight is 382 g/mol. The van der Waals surface area contributed by atoms with Gasteiger partial charge in [0.1, 0.15) is 36.0 Å². The molecule has 2 aromatic rings. The van der Waals surface area contributed by atoms with Gasteiger partial charge in [0.05, 0.1) is 11.5 Å². The summed E-state index contributed by atoms with van der Waals surface area (Å²) >= 11 is 1.39. The molecule has 1 aromatic heterocycles. The number of hydrogen-bond acceptors (Lipinski definition) is 7. The first-order chi connectivity index (χ1) is 12.5. The fourth-order valence-electron chi connectivity index (χ4n) is 2.56. The third-order valence-electron chi connectivity index (χ3n) is 4.05. The van der Waals surface area contributed by atoms with Crippen LogP contribution in [0.2, 0.25) is 0 Å². The van der Waals surface area contributed by atoms with Gasteiger partial charge in [0.2, 0.25) is 6.29 Å². The van der Waals surface area contributed by atoms with Gasteiger partial charge in [-0.25, -0.2) is 4.39 Å². The topological polar surface area (TPSA) is 99.4 Å². The lowest BCUT2D eigenvalue weighted by Crippen LogP contribution is -2.60. The van der Waals surface area contributed by atoms with E-state index in [0.29, 0.717) is 5.75 Å². The Morgan fingerprint density at radius 2 is 1.77 bits per heavy atom. The van der Waals surface area contributed by atoms with Crippen LogP contribution < -0.4 is 4.74 Å². The van der Waals surface area contributed by atoms with Crippen molar-refractivity contribution in [3.05, 3.63) is 52.0 Å². The summed E-state index contributed by atoms with van der Waals surface area (Å²) in [7, 11) is 0. The second-order valence-electron chi connectivity index (χ2n) is 5.85. The van der Waals surface area contributed by atoms with Crippen LogP contribution in [0.4, 0.5) is 4.39 Å². The summed E-state index contributed by atoms with van der Waals surface area (Å²) in [5.74, 6) is 0.0996. The highest BCUT2D eigenvalue weighted by Gasteiger charge is 2.44. The van der Waals surface area contributed by atoms with E-state index in [1.54, 1.807) is 35.7 Å². The molecule has 0 aliphatic carbocycles. The molecule has 0 saturated carbocycles. The molecule has 5 atom stereocenters. The van der Waals surface area contributed by atoms with E-state index in [9.17, 15) is 24.8 Å². The number of ether oxygens (including phenoxy) is 2. The van der Waals surface area contributed by atoms with Gasteiger partial charge in [-0.05, 0) is 35.2 Å². The SMILES string of the molecule is OCC1OC(Oc2ccsc2/C=C/c2ccc(F)cc2)C(O)C(O)C1O. The standard InChI is InChI=1S/C18H19FO6S/c19-11-4-1-10(2-5-11)3-6-14-12(7-8-26-14)24-18-17(23)16(22)15(21)13(9-20)25-18/h1-8,13,15-18,20-23H,9H2/b6-3+. The highest BCUT2D eigenvalue weighted by atomic mass is 32.1. The van der Waals surface area contributed by atoms with Gasteiger partial charge in [-0.3, -0.25) is 0 Å². The summed E-state index contributed by atoms with van der Waals surface area (Å²) < 4.78 is 23.9. The molecule has 6 nitrogen and oxygen atoms in total. The maximum atomic E-state index is 12.9. The Morgan fingerprint density at radius 3 is 2.46 bits per heavy atom. The average Bonchev–Trinajstić information content (AvgIpc) is 3.09. The summed E-state index contributed by atoms with van der Waals surface area (Å²) in [6.07, 6.45) is -3.12. The Kier molecular flexibility index (Phi) is 6.02. The first-order valence-electron chi connectivity index (χ1n) is 7.98. The van der Waals surface area contributed by atoms with E-state index in [4.69, 9.17) is 9.47 Å². The minimum atomic E-state index is -1.50. The zero-order chi connectivity index (χ0) is 18.7. The van der Waals surface area contributed by atoms with Crippen LogP contribution in [-0.2, 0) is 4.74 Å². The molecule has 1 aliphatic rings. The molecule has 8 heteroatoms. The van der Waals surface area contributed by atoms with Gasteiger partial charge >= 0.3 is 0 Å². The van der Waals surface area contributed by atoms with Gasteiger partial charge in [-0.15, -0.1) is 11.3 Å². The molecule has 1 aromatic carbocycles. The monoisotopic (exact) mass is 382 g/mol. The maximum absolute atomic E-state index is 12.9. The molecule has 5 unspecified atom stereocenters. The van der Waals surface area contributed by atoms with Crippen molar-refractivity contribution in [2.24, 2.45) is 0 Å². The lowest BCUT2D eigenvalue weighted by atomic mass is 9.99. The van der Waals surface area contributed by atoms with Crippen LogP contribution in [0.15, 0.2) is 35.7 Å². The van der Waals surface area contributed by atoms with E-state index < -0.39 is 37.3 Å². The van der Waals surface area contributed by atoms with E-state index in [2.05, 4.69) is 0 Å². The van der Waals surface area contributed by atoms with Crippen molar-refractivity contribution < 1.29 is 34.3 Å². The van der Waals surface area contributed by atoms with Gasteiger partial charge in [-0.1, -0.05) is 18.2 Å². The number of aliphatic hydroxyl groups is 4. The van der Waals surface area contributed by atoms with Gasteiger partial charge in [-0.2, -0.15) is 0 Å². The Balaban J connectivity index is 1.73. The third kappa shape index (κ3) is 4.12. The van der Waals surface area contributed by atoms with E-state index in [0.717, 1.165) is 10.4 Å². The molecule has 1 saturated heterocycles. The molecule has 0 bridgehead atoms. The Morgan fingerprint density at radius 1 is 1.04 bits per heavy atom. The molecule has 4 N–H and O–H groups in total. The number of thiophene rings is 1. The molecule has 26 heavy (non-hydrogen) atoms. The van der Waals surface area contributed by atoms with Crippen LogP contribution in [-0.4, -0.2) is 57.7 Å². The number of aliphatic hydroxyl groups excluding tert-OH is 4. The molecule has 2 heterocycles. The van der Waals surface area contributed by atoms with Crippen molar-refractivity contribution >= 4 is 23.5 Å². The lowest BCUT2D eigenvalue weighted by Gasteiger charge is -2.39. The number of rotatable bonds is 5. The van der Waals surface area contributed by atoms with Gasteiger partial charge < -0.3 is 29.9 Å². The van der Waals surface area contributed by atoms with Crippen molar-refractivity contribution in [3.63, 3.8) is 0 Å². The summed E-state index contributed by atoms with van der Waals surface area (Å²) in [4.78, 5) is 0.728. The maximum Gasteiger partial charge on any atom is 0.229 e. The summed E-state index contributed by atoms with van der Waals surface area (Å²) in [6.45, 7) is -0.522. The molecule has 0 radical (unpaired) electrons. The molecule has 0 spiro atoms. The minimum absolute atomic E-state index is 0.315. The zero-order valence-corrected chi connectivity index (χ0v) is 14.4. The summed E-state index contributed by atoms with van der Waals surface area (Å²) in [6, 6.07) is 7.67. The molecular formula is C18H19FO6S. The first-order valence-corrected chi connectivity index (χ1v) is 8.86. The number of halogens is 1. The van der Waals surface area contributed by atoms with Crippen LogP contribution in [0.1, 0.15) is 10.4 Å². The van der Waals surface area contributed by atoms with Crippen LogP contribution >= 0.6 is 11.3 Å². The molecular weight excluding hydrogens is 363 g/mol. The highest BCUT2D eigenvalue weighted by Crippen LogP contribution is 2.31. The normalized spacial score (nSPS) is 29.2. The second kappa shape index (κ2) is 8.26. The largest absolute Gasteiger partial charge is 0.460 e. The fourth-order valence-corrected chi connectivity index (χ4v) is 3.28. The third-order valence-corrected chi connectivity index (χ3v) is 4.91. The smallest absolute Gasteiger partial charge is 0.229 e. The number of hydrogen-bond donors (Lipinski definition) is 4. The predicted molar refractivity (Wildman–Crippen MR) is 94.0 cm³/mol. The van der Waals surface area contributed by atoms with Crippen molar-refractivity contribution in [2.75, 3.05) is 6.61 Å². The quantitative estimate of drug-likeness (QED) is 0.621. The Bertz CT molecular complexity index is 744. The molecule has 140 valence electrons. The zero-order valence-electron chi connectivity index (χ0n) is 13.6. The van der Waals surface area contributed by atoms with Gasteiger partial charge in [0.25, 0.3) is 0 Å². The van der Waals surface area contributed by atoms with Crippen molar-refractivity contribution in [1.82, 2.24) is 0 Å². The van der Waals surface area contributed by atoms with E-state index in [1.165, 1.54) is 23.5 Å². The molecule has 0 amide bonds. The number of benzene rings is 1. The fraction of sp³-hybridized carbons (Fsp3) is 0.333. The van der Waals surface area contributed by atoms with Crippen molar-refractivity contribution in [1.29, 1.82) is 0 Å². The first kappa shape index (κ1) is 19.0. The van der Waals surface area contributed by atoms with Crippen LogP contribution in [0, 0.1) is 5.82 Å². The van der Waals surface area contributed by atoms with Gasteiger partial charge in [0, 0.05) is 0 Å². The molecule has 1 fully saturated rings. The van der Waals surface area contributed by atoms with Crippen LogP contribution in [0.25, 0.3) is 12.2 Å². The van der Waals surface area contributed by atoms with Gasteiger partial charge in [0.15, 0.2) is 0 Å². The second-order valence-corrected chi connectivity index (χ2v) is 6.80. The van der Waals surface area contributed by atoms with Crippen molar-refractivity contribution in [3.8, 4) is 5.75 Å². The highest BCUT2D eigenvalue weighted by molar-refractivity contribution is 7.11. The van der Waals surface area contributed by atoms with Crippen LogP contribution in [0.5, 0.6) is 5.75 Å². The molecule has 1 aliphatic heterocycles. The van der Waals surface area contributed by atoms with E-state index >= 15 is 0 Å². The summed E-state index contributed by atoms with van der Waals surface area (Å²) in [5.41, 5.74) is 0.804. The van der Waals surface area contributed by atoms with Crippen LogP contribution in [0.3, 0.4) is 0 Å². The summed E-state index contributed by atoms with van der Waals surface area (Å²) in [5, 5.41) is 40.7. The predicted octanol–water partition coefficient (Wildman–Crippen LogP) is 1.24. The van der Waals surface area contributed by atoms with E-state index in [-0.39, 0.29) is 5.82 Å². The van der Waals surface area contributed by atoms with E-state index in [1.807, 2.05) is 0 Å². The Hall–Kier alpha value is -1.81. The molecule has 3 rings (SSSR count).